The van der Waals surface area contributed by atoms with Crippen LogP contribution in [0.25, 0.3) is 10.9 Å². The van der Waals surface area contributed by atoms with Crippen LogP contribution in [0, 0.1) is 0 Å². The second kappa shape index (κ2) is 6.46. The first-order valence-electron chi connectivity index (χ1n) is 7.33. The maximum absolute atomic E-state index is 4.72. The third kappa shape index (κ3) is 3.44. The van der Waals surface area contributed by atoms with Crippen LogP contribution >= 0.6 is 0 Å². The van der Waals surface area contributed by atoms with Gasteiger partial charge in [-0.25, -0.2) is 0 Å². The average Bonchev–Trinajstić information content (AvgIpc) is 2.53. The third-order valence-corrected chi connectivity index (χ3v) is 3.47. The van der Waals surface area contributed by atoms with Gasteiger partial charge in [0.05, 0.1) is 5.52 Å². The van der Waals surface area contributed by atoms with E-state index in [0.717, 1.165) is 30.7 Å². The third-order valence-electron chi connectivity index (χ3n) is 3.47. The fourth-order valence-electron chi connectivity index (χ4n) is 2.42. The number of aromatic nitrogens is 2. The summed E-state index contributed by atoms with van der Waals surface area (Å²) in [5.41, 5.74) is 4.55. The lowest BCUT2D eigenvalue weighted by molar-refractivity contribution is 0.723. The molecule has 0 saturated carbocycles. The highest BCUT2D eigenvalue weighted by molar-refractivity contribution is 5.78. The van der Waals surface area contributed by atoms with Gasteiger partial charge in [0.1, 0.15) is 0 Å². The summed E-state index contributed by atoms with van der Waals surface area (Å²) >= 11 is 0. The van der Waals surface area contributed by atoms with E-state index in [4.69, 9.17) is 4.98 Å². The van der Waals surface area contributed by atoms with Crippen molar-refractivity contribution in [1.29, 1.82) is 0 Å². The Kier molecular flexibility index (Phi) is 4.22. The number of pyridine rings is 2. The van der Waals surface area contributed by atoms with Gasteiger partial charge in [-0.05, 0) is 29.8 Å². The molecule has 3 nitrogen and oxygen atoms in total. The summed E-state index contributed by atoms with van der Waals surface area (Å²) in [6, 6.07) is 14.6. The SMILES string of the molecule is CCNCc1cncc(Cc2ccc3ccccc3n2)c1. The van der Waals surface area contributed by atoms with Gasteiger partial charge >= 0.3 is 0 Å². The average molecular weight is 277 g/mol. The Balaban J connectivity index is 1.81. The zero-order valence-electron chi connectivity index (χ0n) is 12.2. The lowest BCUT2D eigenvalue weighted by atomic mass is 10.1. The van der Waals surface area contributed by atoms with E-state index in [1.165, 1.54) is 16.5 Å². The van der Waals surface area contributed by atoms with Crippen molar-refractivity contribution in [3.63, 3.8) is 0 Å². The monoisotopic (exact) mass is 277 g/mol. The van der Waals surface area contributed by atoms with E-state index in [9.17, 15) is 0 Å². The second-order valence-corrected chi connectivity index (χ2v) is 5.15. The number of nitrogens with one attached hydrogen (secondary N) is 1. The Hall–Kier alpha value is -2.26. The minimum atomic E-state index is 0.817. The molecule has 0 atom stereocenters. The highest BCUT2D eigenvalue weighted by Crippen LogP contribution is 2.14. The Labute approximate surface area is 125 Å². The molecule has 0 spiro atoms. The maximum Gasteiger partial charge on any atom is 0.0705 e. The van der Waals surface area contributed by atoms with Crippen LogP contribution in [-0.2, 0) is 13.0 Å². The van der Waals surface area contributed by atoms with Crippen LogP contribution in [0.15, 0.2) is 54.9 Å². The van der Waals surface area contributed by atoms with Gasteiger partial charge in [0.15, 0.2) is 0 Å². The molecule has 0 aliphatic rings. The minimum absolute atomic E-state index is 0.817. The molecule has 3 rings (SSSR count). The molecule has 2 heterocycles. The van der Waals surface area contributed by atoms with Crippen LogP contribution in [0.2, 0.25) is 0 Å². The summed E-state index contributed by atoms with van der Waals surface area (Å²) < 4.78 is 0. The van der Waals surface area contributed by atoms with Crippen LogP contribution in [-0.4, -0.2) is 16.5 Å². The number of benzene rings is 1. The molecule has 3 aromatic rings. The molecular weight excluding hydrogens is 258 g/mol. The van der Waals surface area contributed by atoms with E-state index in [2.05, 4.69) is 47.6 Å². The lowest BCUT2D eigenvalue weighted by Gasteiger charge is -2.06. The van der Waals surface area contributed by atoms with Gasteiger partial charge in [-0.2, -0.15) is 0 Å². The highest BCUT2D eigenvalue weighted by atomic mass is 14.8. The van der Waals surface area contributed by atoms with Crippen molar-refractivity contribution >= 4 is 10.9 Å². The molecule has 0 saturated heterocycles. The summed E-state index contributed by atoms with van der Waals surface area (Å²) in [7, 11) is 0. The first-order chi connectivity index (χ1) is 10.3. The van der Waals surface area contributed by atoms with Crippen molar-refractivity contribution in [1.82, 2.24) is 15.3 Å². The molecule has 2 aromatic heterocycles. The van der Waals surface area contributed by atoms with Crippen LogP contribution in [0.4, 0.5) is 0 Å². The molecule has 106 valence electrons. The van der Waals surface area contributed by atoms with Crippen LogP contribution in [0.1, 0.15) is 23.7 Å². The zero-order valence-corrected chi connectivity index (χ0v) is 12.2. The van der Waals surface area contributed by atoms with Crippen LogP contribution in [0.5, 0.6) is 0 Å². The molecule has 0 radical (unpaired) electrons. The van der Waals surface area contributed by atoms with Gasteiger partial charge in [-0.15, -0.1) is 0 Å². The fourth-order valence-corrected chi connectivity index (χ4v) is 2.42. The van der Waals surface area contributed by atoms with Gasteiger partial charge < -0.3 is 5.32 Å². The van der Waals surface area contributed by atoms with E-state index in [-0.39, 0.29) is 0 Å². The summed E-state index contributed by atoms with van der Waals surface area (Å²) in [5.74, 6) is 0. The van der Waals surface area contributed by atoms with Crippen LogP contribution < -0.4 is 5.32 Å². The zero-order chi connectivity index (χ0) is 14.5. The van der Waals surface area contributed by atoms with E-state index in [1.807, 2.05) is 24.5 Å². The molecule has 0 aliphatic heterocycles. The predicted molar refractivity (Wildman–Crippen MR) is 86.2 cm³/mol. The number of hydrogen-bond acceptors (Lipinski definition) is 3. The summed E-state index contributed by atoms with van der Waals surface area (Å²) in [6.07, 6.45) is 4.66. The van der Waals surface area contributed by atoms with Crippen molar-refractivity contribution in [2.45, 2.75) is 19.9 Å². The van der Waals surface area contributed by atoms with E-state index < -0.39 is 0 Å². The molecule has 0 aliphatic carbocycles. The fraction of sp³-hybridized carbons (Fsp3) is 0.222. The number of nitrogens with zero attached hydrogens (tertiary/aromatic N) is 2. The Bertz CT molecular complexity index is 737. The molecule has 0 unspecified atom stereocenters. The smallest absolute Gasteiger partial charge is 0.0705 e. The van der Waals surface area contributed by atoms with Crippen molar-refractivity contribution in [3.05, 3.63) is 71.7 Å². The molecule has 21 heavy (non-hydrogen) atoms. The molecule has 0 bridgehead atoms. The first-order valence-corrected chi connectivity index (χ1v) is 7.33. The van der Waals surface area contributed by atoms with Crippen molar-refractivity contribution < 1.29 is 0 Å². The first kappa shape index (κ1) is 13.7. The van der Waals surface area contributed by atoms with E-state index >= 15 is 0 Å². The topological polar surface area (TPSA) is 37.8 Å². The number of para-hydroxylation sites is 1. The molecular formula is C18H19N3. The van der Waals surface area contributed by atoms with E-state index in [1.54, 1.807) is 0 Å². The quantitative estimate of drug-likeness (QED) is 0.777. The van der Waals surface area contributed by atoms with Gasteiger partial charge in [-0.1, -0.05) is 37.3 Å². The highest BCUT2D eigenvalue weighted by Gasteiger charge is 2.02. The lowest BCUT2D eigenvalue weighted by Crippen LogP contribution is -2.12. The number of hydrogen-bond donors (Lipinski definition) is 1. The maximum atomic E-state index is 4.72. The van der Waals surface area contributed by atoms with Gasteiger partial charge in [0.25, 0.3) is 0 Å². The summed E-state index contributed by atoms with van der Waals surface area (Å²) in [5, 5.41) is 4.50. The molecule has 3 heteroatoms. The van der Waals surface area contributed by atoms with E-state index in [0.29, 0.717) is 0 Å². The summed E-state index contributed by atoms with van der Waals surface area (Å²) in [4.78, 5) is 9.05. The van der Waals surface area contributed by atoms with Crippen molar-refractivity contribution in [3.8, 4) is 0 Å². The largest absolute Gasteiger partial charge is 0.313 e. The van der Waals surface area contributed by atoms with Gasteiger partial charge in [0.2, 0.25) is 0 Å². The number of fused-ring (bicyclic) bond motifs is 1. The Morgan fingerprint density at radius 2 is 1.86 bits per heavy atom. The predicted octanol–water partition coefficient (Wildman–Crippen LogP) is 3.33. The van der Waals surface area contributed by atoms with Crippen molar-refractivity contribution in [2.75, 3.05) is 6.54 Å². The van der Waals surface area contributed by atoms with Gasteiger partial charge in [0, 0.05) is 36.4 Å². The standard InChI is InChI=1S/C18H19N3/c1-2-19-12-15-9-14(11-20-13-15)10-17-8-7-16-5-3-4-6-18(16)21-17/h3-9,11,13,19H,2,10,12H2,1H3. The molecule has 0 amide bonds. The molecule has 1 aromatic carbocycles. The minimum Gasteiger partial charge on any atom is -0.313 e. The van der Waals surface area contributed by atoms with Crippen molar-refractivity contribution in [2.24, 2.45) is 0 Å². The Morgan fingerprint density at radius 1 is 1.00 bits per heavy atom. The molecule has 1 N–H and O–H groups in total. The molecule has 0 fully saturated rings. The summed E-state index contributed by atoms with van der Waals surface area (Å²) in [6.45, 7) is 3.94. The van der Waals surface area contributed by atoms with Crippen LogP contribution in [0.3, 0.4) is 0 Å². The number of rotatable bonds is 5. The Morgan fingerprint density at radius 3 is 2.76 bits per heavy atom. The normalized spacial score (nSPS) is 10.9. The second-order valence-electron chi connectivity index (χ2n) is 5.15. The van der Waals surface area contributed by atoms with Gasteiger partial charge in [-0.3, -0.25) is 9.97 Å².